The summed E-state index contributed by atoms with van der Waals surface area (Å²) in [6.07, 6.45) is 1.52. The summed E-state index contributed by atoms with van der Waals surface area (Å²) in [6.45, 7) is 0. The minimum atomic E-state index is 0.635. The number of ether oxygens (including phenoxy) is 2. The van der Waals surface area contributed by atoms with Crippen molar-refractivity contribution >= 4 is 17.2 Å². The monoisotopic (exact) mass is 414 g/mol. The summed E-state index contributed by atoms with van der Waals surface area (Å²) < 4.78 is 11.4. The first-order valence-corrected chi connectivity index (χ1v) is 9.65. The van der Waals surface area contributed by atoms with Gasteiger partial charge >= 0.3 is 0 Å². The van der Waals surface area contributed by atoms with Gasteiger partial charge in [0.25, 0.3) is 0 Å². The van der Waals surface area contributed by atoms with Crippen LogP contribution in [0.4, 0.5) is 17.2 Å². The SMILES string of the molecule is CONc1cc(Nc2cc(-c3ccccc3OC)ncn2)ccc1Oc1ccccc1. The predicted octanol–water partition coefficient (Wildman–Crippen LogP) is 5.66. The molecule has 0 fully saturated rings. The predicted molar refractivity (Wildman–Crippen MR) is 121 cm³/mol. The number of anilines is 3. The number of para-hydroxylation sites is 2. The summed E-state index contributed by atoms with van der Waals surface area (Å²) in [5, 5.41) is 3.30. The highest BCUT2D eigenvalue weighted by molar-refractivity contribution is 5.72. The Bertz CT molecular complexity index is 1150. The highest BCUT2D eigenvalue weighted by Crippen LogP contribution is 2.34. The number of nitrogens with one attached hydrogen (secondary N) is 2. The second kappa shape index (κ2) is 9.60. The van der Waals surface area contributed by atoms with E-state index in [1.165, 1.54) is 6.33 Å². The number of hydrogen-bond donors (Lipinski definition) is 2. The van der Waals surface area contributed by atoms with E-state index in [4.69, 9.17) is 14.3 Å². The van der Waals surface area contributed by atoms with Crippen molar-refractivity contribution in [3.8, 4) is 28.5 Å². The van der Waals surface area contributed by atoms with Gasteiger partial charge in [-0.05, 0) is 42.5 Å². The molecule has 3 aromatic carbocycles. The molecule has 7 nitrogen and oxygen atoms in total. The molecule has 1 heterocycles. The Morgan fingerprint density at radius 1 is 0.774 bits per heavy atom. The van der Waals surface area contributed by atoms with Crippen molar-refractivity contribution in [1.29, 1.82) is 0 Å². The number of nitrogens with zero attached hydrogens (tertiary/aromatic N) is 2. The summed E-state index contributed by atoms with van der Waals surface area (Å²) in [5.74, 6) is 2.77. The molecule has 0 bridgehead atoms. The molecule has 156 valence electrons. The average Bonchev–Trinajstić information content (AvgIpc) is 2.82. The van der Waals surface area contributed by atoms with E-state index in [0.29, 0.717) is 17.3 Å². The maximum absolute atomic E-state index is 5.96. The molecule has 0 saturated heterocycles. The molecule has 2 N–H and O–H groups in total. The van der Waals surface area contributed by atoms with Crippen LogP contribution in [-0.4, -0.2) is 24.2 Å². The third-order valence-corrected chi connectivity index (χ3v) is 4.49. The van der Waals surface area contributed by atoms with Gasteiger partial charge in [0, 0.05) is 17.3 Å². The van der Waals surface area contributed by atoms with E-state index in [9.17, 15) is 0 Å². The Labute approximate surface area is 180 Å². The quantitative estimate of drug-likeness (QED) is 0.360. The Kier molecular flexibility index (Phi) is 6.25. The zero-order valence-electron chi connectivity index (χ0n) is 17.2. The van der Waals surface area contributed by atoms with E-state index in [1.54, 1.807) is 14.2 Å². The van der Waals surface area contributed by atoms with Gasteiger partial charge in [-0.3, -0.25) is 10.3 Å². The zero-order chi connectivity index (χ0) is 21.5. The van der Waals surface area contributed by atoms with Crippen LogP contribution >= 0.6 is 0 Å². The van der Waals surface area contributed by atoms with Crippen molar-refractivity contribution in [2.45, 2.75) is 0 Å². The zero-order valence-corrected chi connectivity index (χ0v) is 17.2. The fourth-order valence-electron chi connectivity index (χ4n) is 3.08. The summed E-state index contributed by atoms with van der Waals surface area (Å²) >= 11 is 0. The van der Waals surface area contributed by atoms with E-state index in [2.05, 4.69) is 20.8 Å². The summed E-state index contributed by atoms with van der Waals surface area (Å²) in [7, 11) is 3.19. The lowest BCUT2D eigenvalue weighted by Gasteiger charge is -2.14. The smallest absolute Gasteiger partial charge is 0.152 e. The lowest BCUT2D eigenvalue weighted by molar-refractivity contribution is 0.269. The topological polar surface area (TPSA) is 77.5 Å². The van der Waals surface area contributed by atoms with Gasteiger partial charge in [0.1, 0.15) is 29.3 Å². The fraction of sp³-hybridized carbons (Fsp3) is 0.0833. The van der Waals surface area contributed by atoms with Gasteiger partial charge in [-0.15, -0.1) is 0 Å². The molecule has 0 unspecified atom stereocenters. The minimum Gasteiger partial charge on any atom is -0.496 e. The van der Waals surface area contributed by atoms with Crippen LogP contribution < -0.4 is 20.3 Å². The number of methoxy groups -OCH3 is 1. The number of hydrogen-bond acceptors (Lipinski definition) is 7. The average molecular weight is 414 g/mol. The Morgan fingerprint density at radius 3 is 2.39 bits per heavy atom. The van der Waals surface area contributed by atoms with Gasteiger partial charge in [-0.1, -0.05) is 30.3 Å². The van der Waals surface area contributed by atoms with Crippen LogP contribution in [0.15, 0.2) is 85.2 Å². The highest BCUT2D eigenvalue weighted by atomic mass is 16.6. The first-order valence-electron chi connectivity index (χ1n) is 9.65. The van der Waals surface area contributed by atoms with Crippen molar-refractivity contribution in [1.82, 2.24) is 9.97 Å². The highest BCUT2D eigenvalue weighted by Gasteiger charge is 2.10. The number of aromatic nitrogens is 2. The maximum Gasteiger partial charge on any atom is 0.152 e. The van der Waals surface area contributed by atoms with Crippen molar-refractivity contribution in [3.05, 3.63) is 85.2 Å². The standard InChI is InChI=1S/C24H22N4O3/c1-29-22-11-7-6-10-19(22)20-15-24(26-16-25-20)27-17-12-13-23(21(14-17)28-30-2)31-18-8-4-3-5-9-18/h3-16,28H,1-2H3,(H,25,26,27). The van der Waals surface area contributed by atoms with Crippen LogP contribution in [-0.2, 0) is 4.84 Å². The van der Waals surface area contributed by atoms with Crippen LogP contribution in [0, 0.1) is 0 Å². The molecule has 0 atom stereocenters. The van der Waals surface area contributed by atoms with Crippen LogP contribution in [0.3, 0.4) is 0 Å². The van der Waals surface area contributed by atoms with E-state index in [0.717, 1.165) is 28.4 Å². The summed E-state index contributed by atoms with van der Waals surface area (Å²) in [4.78, 5) is 13.8. The van der Waals surface area contributed by atoms with Crippen molar-refractivity contribution in [2.75, 3.05) is 25.0 Å². The third-order valence-electron chi connectivity index (χ3n) is 4.49. The van der Waals surface area contributed by atoms with Gasteiger partial charge in [0.05, 0.1) is 19.9 Å². The molecule has 0 aliphatic carbocycles. The van der Waals surface area contributed by atoms with E-state index < -0.39 is 0 Å². The molecule has 0 aliphatic rings. The number of rotatable bonds is 8. The van der Waals surface area contributed by atoms with Crippen molar-refractivity contribution in [2.24, 2.45) is 0 Å². The normalized spacial score (nSPS) is 10.4. The Hall–Kier alpha value is -4.10. The van der Waals surface area contributed by atoms with Crippen LogP contribution in [0.2, 0.25) is 0 Å². The van der Waals surface area contributed by atoms with Crippen molar-refractivity contribution < 1.29 is 14.3 Å². The molecule has 1 aromatic heterocycles. The molecule has 4 rings (SSSR count). The molecule has 0 spiro atoms. The van der Waals surface area contributed by atoms with Crippen LogP contribution in [0.25, 0.3) is 11.3 Å². The molecule has 0 radical (unpaired) electrons. The Balaban J connectivity index is 1.58. The molecule has 7 heteroatoms. The molecule has 0 aliphatic heterocycles. The first kappa shape index (κ1) is 20.2. The van der Waals surface area contributed by atoms with Crippen LogP contribution in [0.1, 0.15) is 0 Å². The fourth-order valence-corrected chi connectivity index (χ4v) is 3.08. The molecule has 4 aromatic rings. The van der Waals surface area contributed by atoms with Gasteiger partial charge in [-0.25, -0.2) is 9.97 Å². The molecule has 0 saturated carbocycles. The minimum absolute atomic E-state index is 0.635. The van der Waals surface area contributed by atoms with Gasteiger partial charge in [0.15, 0.2) is 5.75 Å². The lowest BCUT2D eigenvalue weighted by atomic mass is 10.1. The number of benzene rings is 3. The third kappa shape index (κ3) is 4.91. The molecule has 31 heavy (non-hydrogen) atoms. The van der Waals surface area contributed by atoms with Gasteiger partial charge in [-0.2, -0.15) is 0 Å². The molecular formula is C24H22N4O3. The first-order chi connectivity index (χ1) is 15.3. The van der Waals surface area contributed by atoms with Gasteiger partial charge < -0.3 is 14.8 Å². The summed E-state index contributed by atoms with van der Waals surface area (Å²) in [6, 6.07) is 24.8. The van der Waals surface area contributed by atoms with E-state index in [-0.39, 0.29) is 0 Å². The van der Waals surface area contributed by atoms with Crippen molar-refractivity contribution in [3.63, 3.8) is 0 Å². The summed E-state index contributed by atoms with van der Waals surface area (Å²) in [5.41, 5.74) is 6.00. The lowest BCUT2D eigenvalue weighted by Crippen LogP contribution is -2.01. The molecule has 0 amide bonds. The second-order valence-electron chi connectivity index (χ2n) is 6.55. The van der Waals surface area contributed by atoms with E-state index >= 15 is 0 Å². The Morgan fingerprint density at radius 2 is 1.58 bits per heavy atom. The van der Waals surface area contributed by atoms with E-state index in [1.807, 2.05) is 78.9 Å². The largest absolute Gasteiger partial charge is 0.496 e. The molecular weight excluding hydrogens is 392 g/mol. The second-order valence-corrected chi connectivity index (χ2v) is 6.55. The van der Waals surface area contributed by atoms with Crippen LogP contribution in [0.5, 0.6) is 17.2 Å². The maximum atomic E-state index is 5.96. The van der Waals surface area contributed by atoms with Gasteiger partial charge in [0.2, 0.25) is 0 Å².